The molecule has 1 heterocycles. The van der Waals surface area contributed by atoms with Crippen molar-refractivity contribution in [1.29, 1.82) is 0 Å². The van der Waals surface area contributed by atoms with Gasteiger partial charge in [0, 0.05) is 18.3 Å². The Balaban J connectivity index is 2.04. The van der Waals surface area contributed by atoms with Crippen LogP contribution in [0.3, 0.4) is 0 Å². The van der Waals surface area contributed by atoms with Crippen LogP contribution in [-0.4, -0.2) is 29.3 Å². The van der Waals surface area contributed by atoms with Crippen molar-refractivity contribution in [2.45, 2.75) is 39.3 Å². The highest BCUT2D eigenvalue weighted by molar-refractivity contribution is 5.99. The lowest BCUT2D eigenvalue weighted by Gasteiger charge is -2.22. The van der Waals surface area contributed by atoms with Gasteiger partial charge in [0.15, 0.2) is 0 Å². The van der Waals surface area contributed by atoms with Crippen LogP contribution in [0.4, 0.5) is 5.69 Å². The molecule has 0 aromatic heterocycles. The number of allylic oxidation sites excluding steroid dienone is 1. The lowest BCUT2D eigenvalue weighted by molar-refractivity contribution is -0.122. The van der Waals surface area contributed by atoms with Crippen molar-refractivity contribution in [3.63, 3.8) is 0 Å². The van der Waals surface area contributed by atoms with Crippen molar-refractivity contribution in [3.05, 3.63) is 41.5 Å². The maximum atomic E-state index is 11.8. The topological polar surface area (TPSA) is 75.4 Å². The van der Waals surface area contributed by atoms with E-state index in [-0.39, 0.29) is 17.9 Å². The second-order valence-corrected chi connectivity index (χ2v) is 5.94. The molecule has 1 aliphatic rings. The molecule has 0 saturated carbocycles. The number of carbonyl (C=O) groups is 2. The number of primary amides is 1. The van der Waals surface area contributed by atoms with Gasteiger partial charge in [-0.1, -0.05) is 17.7 Å². The Morgan fingerprint density at radius 3 is 2.86 bits per heavy atom. The summed E-state index contributed by atoms with van der Waals surface area (Å²) in [6, 6.07) is 7.52. The number of hydrogen-bond donors (Lipinski definition) is 2. The van der Waals surface area contributed by atoms with E-state index in [0.717, 1.165) is 36.2 Å². The fraction of sp³-hybridized carbons (Fsp3) is 0.412. The molecule has 118 valence electrons. The highest BCUT2D eigenvalue weighted by Gasteiger charge is 2.28. The Morgan fingerprint density at radius 1 is 1.41 bits per heavy atom. The van der Waals surface area contributed by atoms with Crippen LogP contribution in [0.5, 0.6) is 0 Å². The first-order valence-corrected chi connectivity index (χ1v) is 7.54. The van der Waals surface area contributed by atoms with Crippen LogP contribution >= 0.6 is 0 Å². The summed E-state index contributed by atoms with van der Waals surface area (Å²) in [5, 5.41) is 2.85. The Labute approximate surface area is 131 Å². The molecule has 5 heteroatoms. The summed E-state index contributed by atoms with van der Waals surface area (Å²) in [5.74, 6) is -0.390. The van der Waals surface area contributed by atoms with Crippen LogP contribution in [0.2, 0.25) is 0 Å². The van der Waals surface area contributed by atoms with E-state index in [2.05, 4.69) is 10.2 Å². The number of nitrogens with zero attached hydrogens (tertiary/aromatic N) is 1. The van der Waals surface area contributed by atoms with Crippen LogP contribution in [-0.2, 0) is 16.1 Å². The van der Waals surface area contributed by atoms with Crippen LogP contribution in [0.15, 0.2) is 35.9 Å². The van der Waals surface area contributed by atoms with Gasteiger partial charge >= 0.3 is 0 Å². The third kappa shape index (κ3) is 4.43. The van der Waals surface area contributed by atoms with E-state index < -0.39 is 0 Å². The second-order valence-electron chi connectivity index (χ2n) is 5.94. The van der Waals surface area contributed by atoms with Gasteiger partial charge in [0.25, 0.3) is 0 Å². The van der Waals surface area contributed by atoms with E-state index in [4.69, 9.17) is 5.73 Å². The van der Waals surface area contributed by atoms with Crippen LogP contribution in [0, 0.1) is 0 Å². The van der Waals surface area contributed by atoms with E-state index >= 15 is 0 Å². The summed E-state index contributed by atoms with van der Waals surface area (Å²) in [4.78, 5) is 25.3. The summed E-state index contributed by atoms with van der Waals surface area (Å²) in [7, 11) is 0. The summed E-state index contributed by atoms with van der Waals surface area (Å²) >= 11 is 0. The summed E-state index contributed by atoms with van der Waals surface area (Å²) in [6.07, 6.45) is 3.38. The fourth-order valence-corrected chi connectivity index (χ4v) is 2.76. The molecule has 0 bridgehead atoms. The normalized spacial score (nSPS) is 18.0. The van der Waals surface area contributed by atoms with Gasteiger partial charge in [0.2, 0.25) is 11.8 Å². The lowest BCUT2D eigenvalue weighted by atomic mass is 10.1. The molecule has 1 saturated heterocycles. The van der Waals surface area contributed by atoms with Gasteiger partial charge in [0.1, 0.15) is 0 Å². The average Bonchev–Trinajstić information content (AvgIpc) is 2.86. The maximum absolute atomic E-state index is 11.8. The molecule has 0 spiro atoms. The average molecular weight is 301 g/mol. The standard InChI is InChI=1S/C17H23N3O2/c1-12(2)9-16(21)19-14-6-3-5-13(10-14)11-20-8-4-7-15(20)17(18)22/h3,5-6,9-10,15H,4,7-8,11H2,1-2H3,(H2,18,22)(H,19,21). The molecular weight excluding hydrogens is 278 g/mol. The number of hydrogen-bond acceptors (Lipinski definition) is 3. The quantitative estimate of drug-likeness (QED) is 0.817. The summed E-state index contributed by atoms with van der Waals surface area (Å²) in [6.45, 7) is 5.31. The zero-order valence-corrected chi connectivity index (χ0v) is 13.1. The molecule has 2 rings (SSSR count). The molecule has 1 unspecified atom stereocenters. The monoisotopic (exact) mass is 301 g/mol. The number of carbonyl (C=O) groups excluding carboxylic acids is 2. The van der Waals surface area contributed by atoms with Crippen molar-refractivity contribution in [2.24, 2.45) is 5.73 Å². The number of likely N-dealkylation sites (tertiary alicyclic amines) is 1. The molecule has 1 atom stereocenters. The number of anilines is 1. The van der Waals surface area contributed by atoms with Crippen molar-refractivity contribution in [2.75, 3.05) is 11.9 Å². The van der Waals surface area contributed by atoms with Crippen LogP contribution < -0.4 is 11.1 Å². The van der Waals surface area contributed by atoms with Gasteiger partial charge < -0.3 is 11.1 Å². The first-order chi connectivity index (χ1) is 10.5. The predicted molar refractivity (Wildman–Crippen MR) is 87.1 cm³/mol. The second kappa shape index (κ2) is 7.22. The minimum atomic E-state index is -0.259. The first kappa shape index (κ1) is 16.2. The van der Waals surface area contributed by atoms with Crippen molar-refractivity contribution in [1.82, 2.24) is 4.90 Å². The van der Waals surface area contributed by atoms with Gasteiger partial charge in [-0.3, -0.25) is 14.5 Å². The van der Waals surface area contributed by atoms with Crippen molar-refractivity contribution >= 4 is 17.5 Å². The number of amides is 2. The molecular formula is C17H23N3O2. The van der Waals surface area contributed by atoms with Gasteiger partial charge in [-0.05, 0) is 50.9 Å². The number of nitrogens with one attached hydrogen (secondary N) is 1. The highest BCUT2D eigenvalue weighted by atomic mass is 16.2. The van der Waals surface area contributed by atoms with Crippen LogP contribution in [0.25, 0.3) is 0 Å². The maximum Gasteiger partial charge on any atom is 0.248 e. The predicted octanol–water partition coefficient (Wildman–Crippen LogP) is 2.04. The molecule has 1 fully saturated rings. The SMILES string of the molecule is CC(C)=CC(=O)Nc1cccc(CN2CCCC2C(N)=O)c1. The van der Waals surface area contributed by atoms with E-state index in [0.29, 0.717) is 6.54 Å². The zero-order chi connectivity index (χ0) is 16.1. The Morgan fingerprint density at radius 2 is 2.18 bits per heavy atom. The van der Waals surface area contributed by atoms with E-state index in [1.54, 1.807) is 6.08 Å². The molecule has 0 aliphatic carbocycles. The lowest BCUT2D eigenvalue weighted by Crippen LogP contribution is -2.39. The molecule has 1 aromatic rings. The molecule has 1 aliphatic heterocycles. The minimum absolute atomic E-state index is 0.131. The Hall–Kier alpha value is -2.14. The fourth-order valence-electron chi connectivity index (χ4n) is 2.76. The Bertz CT molecular complexity index is 591. The molecule has 22 heavy (non-hydrogen) atoms. The molecule has 2 amide bonds. The van der Waals surface area contributed by atoms with Gasteiger partial charge in [-0.15, -0.1) is 0 Å². The third-order valence-electron chi connectivity index (χ3n) is 3.69. The highest BCUT2D eigenvalue weighted by Crippen LogP contribution is 2.21. The smallest absolute Gasteiger partial charge is 0.248 e. The van der Waals surface area contributed by atoms with Crippen molar-refractivity contribution < 1.29 is 9.59 Å². The largest absolute Gasteiger partial charge is 0.368 e. The first-order valence-electron chi connectivity index (χ1n) is 7.54. The van der Waals surface area contributed by atoms with E-state index in [9.17, 15) is 9.59 Å². The zero-order valence-electron chi connectivity index (χ0n) is 13.1. The number of rotatable bonds is 5. The van der Waals surface area contributed by atoms with Gasteiger partial charge in [0.05, 0.1) is 6.04 Å². The van der Waals surface area contributed by atoms with E-state index in [1.807, 2.05) is 38.1 Å². The number of benzene rings is 1. The molecule has 0 radical (unpaired) electrons. The number of nitrogens with two attached hydrogens (primary N) is 1. The minimum Gasteiger partial charge on any atom is -0.368 e. The van der Waals surface area contributed by atoms with Gasteiger partial charge in [-0.2, -0.15) is 0 Å². The van der Waals surface area contributed by atoms with Crippen molar-refractivity contribution in [3.8, 4) is 0 Å². The molecule has 5 nitrogen and oxygen atoms in total. The van der Waals surface area contributed by atoms with Gasteiger partial charge in [-0.25, -0.2) is 0 Å². The molecule has 1 aromatic carbocycles. The summed E-state index contributed by atoms with van der Waals surface area (Å²) < 4.78 is 0. The Kier molecular flexibility index (Phi) is 5.33. The molecule has 3 N–H and O–H groups in total. The third-order valence-corrected chi connectivity index (χ3v) is 3.69. The van der Waals surface area contributed by atoms with E-state index in [1.165, 1.54) is 0 Å². The summed E-state index contributed by atoms with van der Waals surface area (Å²) in [5.41, 5.74) is 8.21. The van der Waals surface area contributed by atoms with Crippen LogP contribution in [0.1, 0.15) is 32.3 Å².